The second kappa shape index (κ2) is 15.3. The zero-order valence-electron chi connectivity index (χ0n) is 18.1. The van der Waals surface area contributed by atoms with Gasteiger partial charge in [-0.3, -0.25) is 4.68 Å². The van der Waals surface area contributed by atoms with Gasteiger partial charge in [0.15, 0.2) is 5.96 Å². The SMILES string of the molecule is CCNC(=NCc1ccccc1Cn1cccn1)NCCCCN(CC)CC.I. The van der Waals surface area contributed by atoms with Crippen LogP contribution in [-0.4, -0.2) is 53.4 Å². The standard InChI is InChI=1S/C22H36N6.HI/c1-4-23-22(24-14-9-10-16-27(5-2)6-3)25-18-20-12-7-8-13-21(20)19-28-17-11-15-26-28;/h7-8,11-13,15,17H,4-6,9-10,14,16,18-19H2,1-3H3,(H2,23,24,25);1H. The van der Waals surface area contributed by atoms with Crippen LogP contribution in [0.25, 0.3) is 0 Å². The zero-order valence-corrected chi connectivity index (χ0v) is 20.4. The monoisotopic (exact) mass is 512 g/mol. The fourth-order valence-corrected chi connectivity index (χ4v) is 3.15. The Morgan fingerprint density at radius 1 is 1.03 bits per heavy atom. The second-order valence-corrected chi connectivity index (χ2v) is 6.83. The van der Waals surface area contributed by atoms with E-state index in [0.717, 1.165) is 45.1 Å². The average Bonchev–Trinajstić information content (AvgIpc) is 3.23. The first-order valence-electron chi connectivity index (χ1n) is 10.6. The van der Waals surface area contributed by atoms with Crippen LogP contribution in [0.3, 0.4) is 0 Å². The molecular formula is C22H37IN6. The molecular weight excluding hydrogens is 475 g/mol. The van der Waals surface area contributed by atoms with E-state index in [1.807, 2.05) is 23.1 Å². The van der Waals surface area contributed by atoms with E-state index in [4.69, 9.17) is 4.99 Å². The molecule has 0 unspecified atom stereocenters. The Kier molecular flexibility index (Phi) is 13.4. The summed E-state index contributed by atoms with van der Waals surface area (Å²) in [6, 6.07) is 10.4. The molecule has 2 aromatic rings. The highest BCUT2D eigenvalue weighted by Gasteiger charge is 2.04. The van der Waals surface area contributed by atoms with Crippen molar-refractivity contribution in [3.05, 3.63) is 53.9 Å². The van der Waals surface area contributed by atoms with E-state index in [2.05, 4.69) is 65.7 Å². The molecule has 0 spiro atoms. The highest BCUT2D eigenvalue weighted by Crippen LogP contribution is 2.11. The number of hydrogen-bond acceptors (Lipinski definition) is 3. The van der Waals surface area contributed by atoms with Crippen LogP contribution in [0.1, 0.15) is 44.7 Å². The Morgan fingerprint density at radius 3 is 2.45 bits per heavy atom. The minimum absolute atomic E-state index is 0. The minimum Gasteiger partial charge on any atom is -0.357 e. The molecule has 0 aliphatic heterocycles. The summed E-state index contributed by atoms with van der Waals surface area (Å²) in [5.41, 5.74) is 2.49. The Bertz CT molecular complexity index is 682. The molecule has 0 saturated heterocycles. The van der Waals surface area contributed by atoms with Crippen molar-refractivity contribution in [2.75, 3.05) is 32.7 Å². The lowest BCUT2D eigenvalue weighted by Crippen LogP contribution is -2.38. The van der Waals surface area contributed by atoms with Gasteiger partial charge < -0.3 is 15.5 Å². The average molecular weight is 512 g/mol. The fraction of sp³-hybridized carbons (Fsp3) is 0.545. The number of unbranched alkanes of at least 4 members (excludes halogenated alkanes) is 1. The third-order valence-electron chi connectivity index (χ3n) is 4.85. The van der Waals surface area contributed by atoms with Crippen molar-refractivity contribution >= 4 is 29.9 Å². The number of rotatable bonds is 12. The first-order valence-corrected chi connectivity index (χ1v) is 10.6. The highest BCUT2D eigenvalue weighted by atomic mass is 127. The molecule has 162 valence electrons. The molecule has 0 bridgehead atoms. The molecule has 7 heteroatoms. The predicted octanol–water partition coefficient (Wildman–Crippen LogP) is 3.73. The van der Waals surface area contributed by atoms with E-state index in [0.29, 0.717) is 6.54 Å². The van der Waals surface area contributed by atoms with Gasteiger partial charge in [0.1, 0.15) is 0 Å². The Morgan fingerprint density at radius 2 is 1.79 bits per heavy atom. The topological polar surface area (TPSA) is 57.5 Å². The van der Waals surface area contributed by atoms with Crippen molar-refractivity contribution < 1.29 is 0 Å². The highest BCUT2D eigenvalue weighted by molar-refractivity contribution is 14.0. The molecule has 2 rings (SSSR count). The van der Waals surface area contributed by atoms with E-state index < -0.39 is 0 Å². The maximum atomic E-state index is 4.79. The van der Waals surface area contributed by atoms with Gasteiger partial charge in [-0.2, -0.15) is 5.10 Å². The largest absolute Gasteiger partial charge is 0.357 e. The smallest absolute Gasteiger partial charge is 0.191 e. The van der Waals surface area contributed by atoms with Crippen LogP contribution < -0.4 is 10.6 Å². The Balaban J connectivity index is 0.00000420. The minimum atomic E-state index is 0. The van der Waals surface area contributed by atoms with Crippen LogP contribution in [0.2, 0.25) is 0 Å². The van der Waals surface area contributed by atoms with Gasteiger partial charge in [-0.1, -0.05) is 38.1 Å². The summed E-state index contributed by atoms with van der Waals surface area (Å²) < 4.78 is 1.95. The van der Waals surface area contributed by atoms with E-state index >= 15 is 0 Å². The number of nitrogens with zero attached hydrogens (tertiary/aromatic N) is 4. The maximum Gasteiger partial charge on any atom is 0.191 e. The molecule has 29 heavy (non-hydrogen) atoms. The number of hydrogen-bond donors (Lipinski definition) is 2. The first-order chi connectivity index (χ1) is 13.8. The molecule has 0 aliphatic rings. The summed E-state index contributed by atoms with van der Waals surface area (Å²) >= 11 is 0. The molecule has 1 heterocycles. The lowest BCUT2D eigenvalue weighted by molar-refractivity contribution is 0.297. The normalized spacial score (nSPS) is 11.4. The van der Waals surface area contributed by atoms with E-state index in [9.17, 15) is 0 Å². The Labute approximate surface area is 193 Å². The number of benzene rings is 1. The molecule has 0 aliphatic carbocycles. The third kappa shape index (κ3) is 9.62. The van der Waals surface area contributed by atoms with Crippen LogP contribution in [-0.2, 0) is 13.1 Å². The van der Waals surface area contributed by atoms with Crippen molar-refractivity contribution in [3.8, 4) is 0 Å². The predicted molar refractivity (Wildman–Crippen MR) is 133 cm³/mol. The molecule has 6 nitrogen and oxygen atoms in total. The number of aliphatic imine (C=N–C) groups is 1. The summed E-state index contributed by atoms with van der Waals surface area (Å²) in [4.78, 5) is 7.26. The van der Waals surface area contributed by atoms with Gasteiger partial charge in [-0.15, -0.1) is 24.0 Å². The molecule has 1 aromatic carbocycles. The van der Waals surface area contributed by atoms with Gasteiger partial charge in [0.05, 0.1) is 13.1 Å². The summed E-state index contributed by atoms with van der Waals surface area (Å²) in [5, 5.41) is 11.1. The number of nitrogens with one attached hydrogen (secondary N) is 2. The number of guanidine groups is 1. The van der Waals surface area contributed by atoms with E-state index in [1.165, 1.54) is 24.1 Å². The molecule has 0 atom stereocenters. The van der Waals surface area contributed by atoms with Crippen LogP contribution in [0, 0.1) is 0 Å². The summed E-state index contributed by atoms with van der Waals surface area (Å²) in [6.45, 7) is 13.2. The van der Waals surface area contributed by atoms with Gasteiger partial charge >= 0.3 is 0 Å². The molecule has 0 fully saturated rings. The molecule has 0 radical (unpaired) electrons. The van der Waals surface area contributed by atoms with Gasteiger partial charge in [0.25, 0.3) is 0 Å². The van der Waals surface area contributed by atoms with Crippen molar-refractivity contribution in [1.82, 2.24) is 25.3 Å². The maximum absolute atomic E-state index is 4.79. The van der Waals surface area contributed by atoms with Gasteiger partial charge in [-0.25, -0.2) is 4.99 Å². The summed E-state index contributed by atoms with van der Waals surface area (Å²) in [5.74, 6) is 0.888. The van der Waals surface area contributed by atoms with Crippen LogP contribution >= 0.6 is 24.0 Å². The number of aromatic nitrogens is 2. The van der Waals surface area contributed by atoms with Gasteiger partial charge in [0, 0.05) is 25.5 Å². The Hall–Kier alpha value is -1.61. The van der Waals surface area contributed by atoms with Gasteiger partial charge in [0.2, 0.25) is 0 Å². The van der Waals surface area contributed by atoms with Gasteiger partial charge in [-0.05, 0) is 56.6 Å². The zero-order chi connectivity index (χ0) is 20.0. The lowest BCUT2D eigenvalue weighted by Gasteiger charge is -2.18. The van der Waals surface area contributed by atoms with Crippen LogP contribution in [0.5, 0.6) is 0 Å². The molecule has 2 N–H and O–H groups in total. The summed E-state index contributed by atoms with van der Waals surface area (Å²) in [6.07, 6.45) is 6.16. The summed E-state index contributed by atoms with van der Waals surface area (Å²) in [7, 11) is 0. The van der Waals surface area contributed by atoms with E-state index in [1.54, 1.807) is 0 Å². The molecule has 1 aromatic heterocycles. The second-order valence-electron chi connectivity index (χ2n) is 6.83. The third-order valence-corrected chi connectivity index (χ3v) is 4.85. The van der Waals surface area contributed by atoms with Crippen molar-refractivity contribution in [1.29, 1.82) is 0 Å². The fourth-order valence-electron chi connectivity index (χ4n) is 3.15. The molecule has 0 saturated carbocycles. The van der Waals surface area contributed by atoms with Crippen LogP contribution in [0.15, 0.2) is 47.7 Å². The molecule has 0 amide bonds. The van der Waals surface area contributed by atoms with Crippen molar-refractivity contribution in [3.63, 3.8) is 0 Å². The van der Waals surface area contributed by atoms with E-state index in [-0.39, 0.29) is 24.0 Å². The first kappa shape index (κ1) is 25.4. The van der Waals surface area contributed by atoms with Crippen molar-refractivity contribution in [2.24, 2.45) is 4.99 Å². The quantitative estimate of drug-likeness (QED) is 0.197. The number of halogens is 1. The van der Waals surface area contributed by atoms with Crippen molar-refractivity contribution in [2.45, 2.75) is 46.7 Å². The van der Waals surface area contributed by atoms with Crippen LogP contribution in [0.4, 0.5) is 0 Å². The lowest BCUT2D eigenvalue weighted by atomic mass is 10.1.